The molecule has 0 bridgehead atoms. The summed E-state index contributed by atoms with van der Waals surface area (Å²) in [6.45, 7) is 4.21. The van der Waals surface area contributed by atoms with Crippen LogP contribution in [0.4, 0.5) is 5.69 Å². The molecule has 0 aliphatic heterocycles. The molecule has 25 heavy (non-hydrogen) atoms. The predicted molar refractivity (Wildman–Crippen MR) is 98.9 cm³/mol. The quantitative estimate of drug-likeness (QED) is 0.375. The molecule has 0 atom stereocenters. The number of nitro benzene ring substituents is 1. The van der Waals surface area contributed by atoms with Crippen molar-refractivity contribution in [3.63, 3.8) is 0 Å². The van der Waals surface area contributed by atoms with E-state index in [-0.39, 0.29) is 11.7 Å². The second-order valence-electron chi connectivity index (χ2n) is 6.08. The van der Waals surface area contributed by atoms with Gasteiger partial charge in [-0.3, -0.25) is 10.1 Å². The van der Waals surface area contributed by atoms with E-state index >= 15 is 0 Å². The molecule has 0 amide bonds. The van der Waals surface area contributed by atoms with E-state index in [4.69, 9.17) is 0 Å². The van der Waals surface area contributed by atoms with E-state index in [1.165, 1.54) is 12.1 Å². The van der Waals surface area contributed by atoms with Crippen LogP contribution >= 0.6 is 0 Å². The van der Waals surface area contributed by atoms with E-state index in [2.05, 4.69) is 24.5 Å². The molecule has 0 saturated carbocycles. The van der Waals surface area contributed by atoms with Crippen molar-refractivity contribution in [2.75, 3.05) is 0 Å². The first-order valence-electron chi connectivity index (χ1n) is 7.97. The van der Waals surface area contributed by atoms with Crippen LogP contribution in [0.5, 0.6) is 0 Å². The highest BCUT2D eigenvalue weighted by Crippen LogP contribution is 2.29. The van der Waals surface area contributed by atoms with Gasteiger partial charge < -0.3 is 4.57 Å². The van der Waals surface area contributed by atoms with Crippen LogP contribution < -0.4 is 0 Å². The van der Waals surface area contributed by atoms with Crippen LogP contribution in [0, 0.1) is 21.4 Å². The number of non-ortho nitro benzene ring substituents is 1. The number of para-hydroxylation sites is 1. The molecule has 1 heterocycles. The Kier molecular flexibility index (Phi) is 4.36. The molecule has 3 aromatic rings. The molecule has 2 aromatic carbocycles. The molecular weight excluding hydrogens is 314 g/mol. The van der Waals surface area contributed by atoms with Crippen molar-refractivity contribution in [3.05, 3.63) is 76.0 Å². The van der Waals surface area contributed by atoms with Gasteiger partial charge in [0, 0.05) is 40.8 Å². The lowest BCUT2D eigenvalue weighted by Gasteiger charge is -2.08. The second kappa shape index (κ2) is 6.62. The fourth-order valence-corrected chi connectivity index (χ4v) is 2.90. The molecule has 5 nitrogen and oxygen atoms in total. The Labute approximate surface area is 145 Å². The van der Waals surface area contributed by atoms with Gasteiger partial charge in [-0.2, -0.15) is 5.26 Å². The first-order chi connectivity index (χ1) is 12.0. The van der Waals surface area contributed by atoms with E-state index < -0.39 is 4.92 Å². The highest BCUT2D eigenvalue weighted by atomic mass is 16.6. The van der Waals surface area contributed by atoms with E-state index in [0.29, 0.717) is 11.1 Å². The number of hydrogen-bond donors (Lipinski definition) is 0. The zero-order valence-electron chi connectivity index (χ0n) is 14.0. The summed E-state index contributed by atoms with van der Waals surface area (Å²) >= 11 is 0. The SMILES string of the molecule is CC(C)n1cc(C=C(C#N)c2cccc([N+](=O)[O-])c2)c2ccccc21. The Morgan fingerprint density at radius 3 is 2.68 bits per heavy atom. The molecule has 0 unspecified atom stereocenters. The lowest BCUT2D eigenvalue weighted by Crippen LogP contribution is -1.97. The van der Waals surface area contributed by atoms with Crippen LogP contribution in [-0.4, -0.2) is 9.49 Å². The number of benzene rings is 2. The summed E-state index contributed by atoms with van der Waals surface area (Å²) in [6, 6.07) is 16.6. The van der Waals surface area contributed by atoms with Crippen LogP contribution in [-0.2, 0) is 0 Å². The number of nitrogens with zero attached hydrogens (tertiary/aromatic N) is 3. The monoisotopic (exact) mass is 331 g/mol. The molecule has 0 aliphatic rings. The maximum absolute atomic E-state index is 11.0. The van der Waals surface area contributed by atoms with E-state index in [1.807, 2.05) is 30.5 Å². The summed E-state index contributed by atoms with van der Waals surface area (Å²) in [5.74, 6) is 0. The lowest BCUT2D eigenvalue weighted by atomic mass is 10.0. The zero-order valence-corrected chi connectivity index (χ0v) is 14.0. The Morgan fingerprint density at radius 2 is 2.00 bits per heavy atom. The van der Waals surface area contributed by atoms with Crippen LogP contribution in [0.2, 0.25) is 0 Å². The van der Waals surface area contributed by atoms with Gasteiger partial charge in [0.2, 0.25) is 0 Å². The molecule has 0 aliphatic carbocycles. The highest BCUT2D eigenvalue weighted by molar-refractivity contribution is 5.98. The minimum atomic E-state index is -0.455. The molecule has 0 saturated heterocycles. The molecule has 0 radical (unpaired) electrons. The molecule has 5 heteroatoms. The Balaban J connectivity index is 2.16. The summed E-state index contributed by atoms with van der Waals surface area (Å²) in [5, 5.41) is 21.6. The Hall–Kier alpha value is -3.39. The Morgan fingerprint density at radius 1 is 1.24 bits per heavy atom. The van der Waals surface area contributed by atoms with Crippen LogP contribution in [0.3, 0.4) is 0 Å². The number of fused-ring (bicyclic) bond motifs is 1. The van der Waals surface area contributed by atoms with Crippen molar-refractivity contribution in [3.8, 4) is 6.07 Å². The number of allylic oxidation sites excluding steroid dienone is 1. The minimum Gasteiger partial charge on any atom is -0.344 e. The van der Waals surface area contributed by atoms with E-state index in [9.17, 15) is 15.4 Å². The summed E-state index contributed by atoms with van der Waals surface area (Å²) in [6.07, 6.45) is 3.81. The topological polar surface area (TPSA) is 71.9 Å². The summed E-state index contributed by atoms with van der Waals surface area (Å²) in [4.78, 5) is 10.5. The third-order valence-electron chi connectivity index (χ3n) is 4.12. The molecule has 3 rings (SSSR count). The average Bonchev–Trinajstić information content (AvgIpc) is 2.98. The third-order valence-corrected chi connectivity index (χ3v) is 4.12. The number of nitro groups is 1. The molecule has 1 aromatic heterocycles. The lowest BCUT2D eigenvalue weighted by molar-refractivity contribution is -0.384. The zero-order chi connectivity index (χ0) is 18.0. The van der Waals surface area contributed by atoms with Gasteiger partial charge in [-0.25, -0.2) is 0 Å². The first-order valence-corrected chi connectivity index (χ1v) is 7.97. The van der Waals surface area contributed by atoms with Crippen molar-refractivity contribution in [2.24, 2.45) is 0 Å². The molecular formula is C20H17N3O2. The number of aromatic nitrogens is 1. The van der Waals surface area contributed by atoms with Crippen molar-refractivity contribution >= 4 is 28.2 Å². The van der Waals surface area contributed by atoms with Crippen molar-refractivity contribution in [1.29, 1.82) is 5.26 Å². The molecule has 0 N–H and O–H groups in total. The normalized spacial score (nSPS) is 11.7. The predicted octanol–water partition coefficient (Wildman–Crippen LogP) is 5.19. The van der Waals surface area contributed by atoms with E-state index in [0.717, 1.165) is 16.5 Å². The maximum Gasteiger partial charge on any atom is 0.270 e. The molecule has 124 valence electrons. The van der Waals surface area contributed by atoms with Crippen LogP contribution in [0.15, 0.2) is 54.7 Å². The van der Waals surface area contributed by atoms with Crippen molar-refractivity contribution in [2.45, 2.75) is 19.9 Å². The fraction of sp³-hybridized carbons (Fsp3) is 0.150. The van der Waals surface area contributed by atoms with Gasteiger partial charge in [-0.05, 0) is 31.6 Å². The fourth-order valence-electron chi connectivity index (χ4n) is 2.90. The van der Waals surface area contributed by atoms with Gasteiger partial charge in [0.15, 0.2) is 0 Å². The van der Waals surface area contributed by atoms with Gasteiger partial charge in [-0.15, -0.1) is 0 Å². The third kappa shape index (κ3) is 3.15. The van der Waals surface area contributed by atoms with Crippen LogP contribution in [0.1, 0.15) is 31.0 Å². The van der Waals surface area contributed by atoms with Gasteiger partial charge in [0.25, 0.3) is 5.69 Å². The smallest absolute Gasteiger partial charge is 0.270 e. The first kappa shape index (κ1) is 16.5. The maximum atomic E-state index is 11.0. The summed E-state index contributed by atoms with van der Waals surface area (Å²) in [5.41, 5.74) is 2.93. The van der Waals surface area contributed by atoms with Gasteiger partial charge >= 0.3 is 0 Å². The van der Waals surface area contributed by atoms with Gasteiger partial charge in [0.1, 0.15) is 0 Å². The molecule has 0 fully saturated rings. The second-order valence-corrected chi connectivity index (χ2v) is 6.08. The molecule has 0 spiro atoms. The van der Waals surface area contributed by atoms with Crippen LogP contribution in [0.25, 0.3) is 22.6 Å². The summed E-state index contributed by atoms with van der Waals surface area (Å²) < 4.78 is 2.16. The number of nitriles is 1. The largest absolute Gasteiger partial charge is 0.344 e. The number of hydrogen-bond acceptors (Lipinski definition) is 3. The van der Waals surface area contributed by atoms with Gasteiger partial charge in [0.05, 0.1) is 16.6 Å². The average molecular weight is 331 g/mol. The van der Waals surface area contributed by atoms with Crippen molar-refractivity contribution < 1.29 is 4.92 Å². The number of rotatable bonds is 4. The Bertz CT molecular complexity index is 1020. The summed E-state index contributed by atoms with van der Waals surface area (Å²) in [7, 11) is 0. The highest BCUT2D eigenvalue weighted by Gasteiger charge is 2.12. The van der Waals surface area contributed by atoms with Gasteiger partial charge in [-0.1, -0.05) is 30.3 Å². The van der Waals surface area contributed by atoms with E-state index in [1.54, 1.807) is 18.2 Å². The minimum absolute atomic E-state index is 0.0248. The standard InChI is InChI=1S/C20H17N3O2/c1-14(2)22-13-17(19-8-3-4-9-20(19)22)10-16(12-21)15-6-5-7-18(11-15)23(24)25/h3-11,13-14H,1-2H3. The van der Waals surface area contributed by atoms with Crippen molar-refractivity contribution in [1.82, 2.24) is 4.57 Å².